The zero-order valence-electron chi connectivity index (χ0n) is 12.0. The van der Waals surface area contributed by atoms with Crippen LogP contribution in [0.5, 0.6) is 0 Å². The van der Waals surface area contributed by atoms with Crippen LogP contribution in [0.1, 0.15) is 33.3 Å². The predicted octanol–water partition coefficient (Wildman–Crippen LogP) is 3.72. The van der Waals surface area contributed by atoms with Gasteiger partial charge in [-0.1, -0.05) is 24.3 Å². The molecule has 3 nitrogen and oxygen atoms in total. The summed E-state index contributed by atoms with van der Waals surface area (Å²) in [5.74, 6) is -0.349. The zero-order valence-corrected chi connectivity index (χ0v) is 12.8. The van der Waals surface area contributed by atoms with E-state index in [1.54, 1.807) is 17.5 Å². The van der Waals surface area contributed by atoms with Crippen LogP contribution < -0.4 is 0 Å². The van der Waals surface area contributed by atoms with Gasteiger partial charge in [-0.3, -0.25) is 4.79 Å². The summed E-state index contributed by atoms with van der Waals surface area (Å²) in [5.41, 5.74) is -0.732. The lowest BCUT2D eigenvalue weighted by atomic mass is 9.97. The minimum absolute atomic E-state index is 0.0291. The second kappa shape index (κ2) is 5.98. The van der Waals surface area contributed by atoms with Crippen LogP contribution in [0, 0.1) is 0 Å². The maximum Gasteiger partial charge on any atom is 0.416 e. The van der Waals surface area contributed by atoms with E-state index in [-0.39, 0.29) is 24.4 Å². The van der Waals surface area contributed by atoms with Gasteiger partial charge in [0.15, 0.2) is 0 Å². The molecule has 0 aliphatic carbocycles. The van der Waals surface area contributed by atoms with Crippen molar-refractivity contribution in [1.29, 1.82) is 0 Å². The summed E-state index contributed by atoms with van der Waals surface area (Å²) in [6.45, 7) is 0.0353. The first-order valence-corrected chi connectivity index (χ1v) is 7.94. The van der Waals surface area contributed by atoms with Crippen LogP contribution in [0.4, 0.5) is 13.2 Å². The van der Waals surface area contributed by atoms with E-state index in [1.807, 2.05) is 0 Å². The molecule has 0 spiro atoms. The first-order chi connectivity index (χ1) is 10.9. The van der Waals surface area contributed by atoms with Crippen LogP contribution in [0.2, 0.25) is 0 Å². The molecule has 1 fully saturated rings. The molecular formula is C16H14F3NO2S. The Kier molecular flexibility index (Phi) is 4.16. The van der Waals surface area contributed by atoms with Crippen LogP contribution in [-0.4, -0.2) is 28.6 Å². The number of hydrogen-bond acceptors (Lipinski definition) is 3. The fourth-order valence-corrected chi connectivity index (χ4v) is 3.60. The summed E-state index contributed by atoms with van der Waals surface area (Å²) in [6.07, 6.45) is -5.23. The molecule has 1 aromatic carbocycles. The Morgan fingerprint density at radius 3 is 2.61 bits per heavy atom. The van der Waals surface area contributed by atoms with Crippen LogP contribution in [0.25, 0.3) is 0 Å². The molecule has 1 aliphatic rings. The highest BCUT2D eigenvalue weighted by molar-refractivity contribution is 7.12. The van der Waals surface area contributed by atoms with E-state index >= 15 is 0 Å². The van der Waals surface area contributed by atoms with Crippen molar-refractivity contribution in [3.05, 3.63) is 57.8 Å². The second-order valence-electron chi connectivity index (χ2n) is 5.43. The maximum atomic E-state index is 13.2. The number of thiophene rings is 1. The number of benzene rings is 1. The van der Waals surface area contributed by atoms with Gasteiger partial charge in [0, 0.05) is 6.54 Å². The number of halogens is 3. The van der Waals surface area contributed by atoms with E-state index in [4.69, 9.17) is 0 Å². The van der Waals surface area contributed by atoms with E-state index in [9.17, 15) is 23.1 Å². The number of carbonyl (C=O) groups excluding carboxylic acids is 1. The van der Waals surface area contributed by atoms with E-state index in [2.05, 4.69) is 0 Å². The number of amides is 1. The largest absolute Gasteiger partial charge is 0.416 e. The van der Waals surface area contributed by atoms with E-state index in [0.29, 0.717) is 4.88 Å². The van der Waals surface area contributed by atoms with Crippen molar-refractivity contribution in [1.82, 2.24) is 4.90 Å². The Bertz CT molecular complexity index is 700. The summed E-state index contributed by atoms with van der Waals surface area (Å²) in [6, 6.07) is 7.78. The molecular weight excluding hydrogens is 327 g/mol. The van der Waals surface area contributed by atoms with Crippen molar-refractivity contribution < 1.29 is 23.1 Å². The van der Waals surface area contributed by atoms with Gasteiger partial charge in [0.25, 0.3) is 5.91 Å². The highest BCUT2D eigenvalue weighted by Crippen LogP contribution is 2.41. The molecule has 1 aromatic heterocycles. The molecule has 1 aliphatic heterocycles. The van der Waals surface area contributed by atoms with E-state index < -0.39 is 23.9 Å². The number of rotatable bonds is 2. The molecule has 2 heterocycles. The van der Waals surface area contributed by atoms with E-state index in [0.717, 1.165) is 6.07 Å². The quantitative estimate of drug-likeness (QED) is 0.904. The molecule has 2 aromatic rings. The molecule has 3 rings (SSSR count). The average Bonchev–Trinajstić information content (AvgIpc) is 3.15. The van der Waals surface area contributed by atoms with Gasteiger partial charge in [0.1, 0.15) is 0 Å². The van der Waals surface area contributed by atoms with Gasteiger partial charge in [0.05, 0.1) is 22.6 Å². The van der Waals surface area contributed by atoms with Crippen LogP contribution in [0.3, 0.4) is 0 Å². The summed E-state index contributed by atoms with van der Waals surface area (Å²) in [7, 11) is 0. The van der Waals surface area contributed by atoms with Gasteiger partial charge in [-0.2, -0.15) is 13.2 Å². The molecule has 7 heteroatoms. The number of hydrogen-bond donors (Lipinski definition) is 1. The Morgan fingerprint density at radius 1 is 1.22 bits per heavy atom. The molecule has 0 bridgehead atoms. The Hall–Kier alpha value is -1.86. The maximum absolute atomic E-state index is 13.2. The molecule has 1 N–H and O–H groups in total. The zero-order chi connectivity index (χ0) is 16.6. The number of nitrogens with zero attached hydrogens (tertiary/aromatic N) is 1. The third kappa shape index (κ3) is 3.11. The Balaban J connectivity index is 2.00. The van der Waals surface area contributed by atoms with Gasteiger partial charge in [-0.05, 0) is 29.5 Å². The second-order valence-corrected chi connectivity index (χ2v) is 6.37. The van der Waals surface area contributed by atoms with E-state index in [1.165, 1.54) is 34.4 Å². The minimum atomic E-state index is -4.50. The van der Waals surface area contributed by atoms with Crippen molar-refractivity contribution in [2.45, 2.75) is 24.7 Å². The van der Waals surface area contributed by atoms with Crippen molar-refractivity contribution in [2.24, 2.45) is 0 Å². The smallest absolute Gasteiger partial charge is 0.391 e. The molecule has 0 saturated carbocycles. The highest BCUT2D eigenvalue weighted by atomic mass is 32.1. The van der Waals surface area contributed by atoms with Crippen molar-refractivity contribution in [2.75, 3.05) is 6.54 Å². The number of likely N-dealkylation sites (tertiary alicyclic amines) is 1. The summed E-state index contributed by atoms with van der Waals surface area (Å²) >= 11 is 1.23. The lowest BCUT2D eigenvalue weighted by molar-refractivity contribution is -0.138. The molecule has 1 saturated heterocycles. The summed E-state index contributed by atoms with van der Waals surface area (Å²) < 4.78 is 39.7. The minimum Gasteiger partial charge on any atom is -0.391 e. The topological polar surface area (TPSA) is 40.5 Å². The Morgan fingerprint density at radius 2 is 1.96 bits per heavy atom. The summed E-state index contributed by atoms with van der Waals surface area (Å²) in [4.78, 5) is 14.3. The normalized spacial score (nSPS) is 21.7. The lowest BCUT2D eigenvalue weighted by Crippen LogP contribution is -2.32. The monoisotopic (exact) mass is 341 g/mol. The van der Waals surface area contributed by atoms with Crippen LogP contribution in [-0.2, 0) is 6.18 Å². The van der Waals surface area contributed by atoms with Crippen molar-refractivity contribution >= 4 is 17.2 Å². The first-order valence-electron chi connectivity index (χ1n) is 7.06. The number of carbonyl (C=O) groups is 1. The molecule has 2 unspecified atom stereocenters. The third-order valence-corrected chi connectivity index (χ3v) is 4.75. The molecule has 23 heavy (non-hydrogen) atoms. The predicted molar refractivity (Wildman–Crippen MR) is 80.2 cm³/mol. The summed E-state index contributed by atoms with van der Waals surface area (Å²) in [5, 5.41) is 11.6. The van der Waals surface area contributed by atoms with Crippen LogP contribution >= 0.6 is 11.3 Å². The fourth-order valence-electron chi connectivity index (χ4n) is 2.92. The number of aliphatic hydroxyl groups is 1. The Labute approximate surface area is 135 Å². The number of alkyl halides is 3. The number of β-amino-alcohol motifs (C(OH)–C–C–N with tert-alkyl or cyclic N) is 1. The van der Waals surface area contributed by atoms with Gasteiger partial charge < -0.3 is 10.0 Å². The van der Waals surface area contributed by atoms with Crippen molar-refractivity contribution in [3.63, 3.8) is 0 Å². The van der Waals surface area contributed by atoms with Crippen LogP contribution in [0.15, 0.2) is 41.8 Å². The average molecular weight is 341 g/mol. The molecule has 1 amide bonds. The van der Waals surface area contributed by atoms with Gasteiger partial charge >= 0.3 is 6.18 Å². The lowest BCUT2D eigenvalue weighted by Gasteiger charge is -2.26. The first kappa shape index (κ1) is 16.0. The standard InChI is InChI=1S/C16H14F3NO2S/c17-16(18,19)12-5-2-1-4-11(12)13-8-10(21)9-20(13)15(22)14-6-3-7-23-14/h1-7,10,13,21H,8-9H2. The highest BCUT2D eigenvalue weighted by Gasteiger charge is 2.41. The molecule has 122 valence electrons. The van der Waals surface area contributed by atoms with Crippen molar-refractivity contribution in [3.8, 4) is 0 Å². The fraction of sp³-hybridized carbons (Fsp3) is 0.312. The number of aliphatic hydroxyl groups excluding tert-OH is 1. The van der Waals surface area contributed by atoms with Gasteiger partial charge in [0.2, 0.25) is 0 Å². The SMILES string of the molecule is O=C(c1cccs1)N1CC(O)CC1c1ccccc1C(F)(F)F. The molecule has 2 atom stereocenters. The molecule has 0 radical (unpaired) electrons. The van der Waals surface area contributed by atoms with Gasteiger partial charge in [-0.25, -0.2) is 0 Å². The van der Waals surface area contributed by atoms with Gasteiger partial charge in [-0.15, -0.1) is 11.3 Å². The third-order valence-electron chi connectivity index (χ3n) is 3.90.